The third-order valence-electron chi connectivity index (χ3n) is 2.35. The van der Waals surface area contributed by atoms with Gasteiger partial charge in [-0.3, -0.25) is 4.79 Å². The van der Waals surface area contributed by atoms with Crippen molar-refractivity contribution in [1.29, 1.82) is 0 Å². The smallest absolute Gasteiger partial charge is 0.264 e. The highest BCUT2D eigenvalue weighted by atomic mass is 127. The van der Waals surface area contributed by atoms with Gasteiger partial charge in [0, 0.05) is 6.20 Å². The second-order valence-corrected chi connectivity index (χ2v) is 5.04. The van der Waals surface area contributed by atoms with E-state index < -0.39 is 5.82 Å². The molecule has 0 unspecified atom stereocenters. The van der Waals surface area contributed by atoms with Crippen LogP contribution in [0.1, 0.15) is 5.56 Å². The van der Waals surface area contributed by atoms with Crippen LogP contribution in [0.2, 0.25) is 5.02 Å². The highest BCUT2D eigenvalue weighted by Gasteiger charge is 2.07. The van der Waals surface area contributed by atoms with Crippen molar-refractivity contribution in [2.24, 2.45) is 0 Å². The Hall–Kier alpha value is -0.880. The Morgan fingerprint density at radius 1 is 1.29 bits per heavy atom. The fourth-order valence-electron chi connectivity index (χ4n) is 1.49. The van der Waals surface area contributed by atoms with E-state index in [1.54, 1.807) is 30.5 Å². The summed E-state index contributed by atoms with van der Waals surface area (Å²) in [5.74, 6) is -0.470. The molecule has 0 radical (unpaired) electrons. The topological polar surface area (TPSA) is 22.0 Å². The van der Waals surface area contributed by atoms with Crippen molar-refractivity contribution in [3.05, 3.63) is 66.9 Å². The molecule has 0 aliphatic carbocycles. The first-order valence-corrected chi connectivity index (χ1v) is 6.33. The zero-order chi connectivity index (χ0) is 12.4. The number of benzene rings is 1. The van der Waals surface area contributed by atoms with Gasteiger partial charge in [-0.15, -0.1) is 0 Å². The molecule has 0 bridgehead atoms. The van der Waals surface area contributed by atoms with Gasteiger partial charge in [0.25, 0.3) is 5.56 Å². The van der Waals surface area contributed by atoms with Gasteiger partial charge in [0.05, 0.1) is 15.1 Å². The molecule has 1 heterocycles. The summed E-state index contributed by atoms with van der Waals surface area (Å²) in [7, 11) is 0. The molecular formula is C12H8ClFINO. The van der Waals surface area contributed by atoms with E-state index in [1.807, 2.05) is 22.6 Å². The van der Waals surface area contributed by atoms with E-state index in [-0.39, 0.29) is 17.1 Å². The third-order valence-corrected chi connectivity index (χ3v) is 3.59. The lowest BCUT2D eigenvalue weighted by atomic mass is 10.2. The maximum Gasteiger partial charge on any atom is 0.264 e. The largest absolute Gasteiger partial charge is 0.310 e. The Kier molecular flexibility index (Phi) is 3.83. The zero-order valence-corrected chi connectivity index (χ0v) is 11.6. The summed E-state index contributed by atoms with van der Waals surface area (Å²) >= 11 is 7.81. The van der Waals surface area contributed by atoms with Gasteiger partial charge in [0.2, 0.25) is 0 Å². The summed E-state index contributed by atoms with van der Waals surface area (Å²) in [5, 5.41) is 0.0678. The molecule has 0 saturated heterocycles. The van der Waals surface area contributed by atoms with E-state index in [9.17, 15) is 9.18 Å². The first-order valence-electron chi connectivity index (χ1n) is 4.87. The van der Waals surface area contributed by atoms with E-state index in [0.29, 0.717) is 9.13 Å². The van der Waals surface area contributed by atoms with E-state index in [1.165, 1.54) is 10.6 Å². The predicted molar refractivity (Wildman–Crippen MR) is 73.9 cm³/mol. The van der Waals surface area contributed by atoms with Crippen molar-refractivity contribution in [2.45, 2.75) is 6.54 Å². The second kappa shape index (κ2) is 5.18. The van der Waals surface area contributed by atoms with Crippen molar-refractivity contribution < 1.29 is 4.39 Å². The normalized spacial score (nSPS) is 10.5. The number of rotatable bonds is 2. The van der Waals surface area contributed by atoms with Gasteiger partial charge in [-0.1, -0.05) is 23.7 Å². The van der Waals surface area contributed by atoms with Crippen LogP contribution in [0.4, 0.5) is 4.39 Å². The molecule has 0 saturated carbocycles. The van der Waals surface area contributed by atoms with Crippen molar-refractivity contribution in [3.63, 3.8) is 0 Å². The van der Waals surface area contributed by atoms with Crippen molar-refractivity contribution >= 4 is 34.2 Å². The molecule has 17 heavy (non-hydrogen) atoms. The fourth-order valence-corrected chi connectivity index (χ4v) is 2.19. The molecule has 5 heteroatoms. The van der Waals surface area contributed by atoms with Crippen LogP contribution in [0.15, 0.2) is 41.3 Å². The van der Waals surface area contributed by atoms with Gasteiger partial charge < -0.3 is 4.57 Å². The minimum absolute atomic E-state index is 0.0678. The summed E-state index contributed by atoms with van der Waals surface area (Å²) in [4.78, 5) is 11.8. The van der Waals surface area contributed by atoms with Crippen molar-refractivity contribution in [1.82, 2.24) is 4.57 Å². The number of halogens is 3. The molecular weight excluding hydrogens is 355 g/mol. The summed E-state index contributed by atoms with van der Waals surface area (Å²) < 4.78 is 15.4. The Morgan fingerprint density at radius 2 is 2.06 bits per heavy atom. The molecule has 2 nitrogen and oxygen atoms in total. The summed E-state index contributed by atoms with van der Waals surface area (Å²) in [6.45, 7) is 0.270. The second-order valence-electron chi connectivity index (χ2n) is 3.50. The predicted octanol–water partition coefficient (Wildman–Crippen LogP) is 3.29. The Balaban J connectivity index is 2.42. The number of nitrogens with zero attached hydrogens (tertiary/aromatic N) is 1. The maximum atomic E-state index is 13.2. The third kappa shape index (κ3) is 2.69. The number of hydrogen-bond acceptors (Lipinski definition) is 1. The fraction of sp³-hybridized carbons (Fsp3) is 0.0833. The van der Waals surface area contributed by atoms with Gasteiger partial charge in [0.1, 0.15) is 5.82 Å². The molecule has 1 aromatic carbocycles. The standard InChI is InChI=1S/C12H8ClFINO/c13-11-8(3-1-4-9(11)14)7-16-6-2-5-10(15)12(16)17/h1-6H,7H2. The molecule has 2 rings (SSSR count). The average molecular weight is 364 g/mol. The highest BCUT2D eigenvalue weighted by Crippen LogP contribution is 2.20. The molecule has 0 fully saturated rings. The molecule has 0 amide bonds. The van der Waals surface area contributed by atoms with E-state index in [2.05, 4.69) is 0 Å². The lowest BCUT2D eigenvalue weighted by molar-refractivity contribution is 0.623. The van der Waals surface area contributed by atoms with E-state index >= 15 is 0 Å². The summed E-state index contributed by atoms with van der Waals surface area (Å²) in [5.41, 5.74) is 0.490. The van der Waals surface area contributed by atoms with Crippen LogP contribution >= 0.6 is 34.2 Å². The first kappa shape index (κ1) is 12.6. The van der Waals surface area contributed by atoms with Crippen LogP contribution in [0.5, 0.6) is 0 Å². The van der Waals surface area contributed by atoms with Crippen LogP contribution < -0.4 is 5.56 Å². The van der Waals surface area contributed by atoms with Gasteiger partial charge in [-0.25, -0.2) is 4.39 Å². The molecule has 2 aromatic rings. The highest BCUT2D eigenvalue weighted by molar-refractivity contribution is 14.1. The van der Waals surface area contributed by atoms with Gasteiger partial charge in [0.15, 0.2) is 0 Å². The minimum Gasteiger partial charge on any atom is -0.310 e. The lowest BCUT2D eigenvalue weighted by Crippen LogP contribution is -2.22. The quantitative estimate of drug-likeness (QED) is 0.751. The van der Waals surface area contributed by atoms with Gasteiger partial charge in [-0.05, 0) is 46.4 Å². The molecule has 0 atom stereocenters. The number of hydrogen-bond donors (Lipinski definition) is 0. The van der Waals surface area contributed by atoms with Crippen LogP contribution in [0.25, 0.3) is 0 Å². The van der Waals surface area contributed by atoms with Crippen molar-refractivity contribution in [3.8, 4) is 0 Å². The Bertz CT molecular complexity index is 612. The first-order chi connectivity index (χ1) is 8.09. The summed E-state index contributed by atoms with van der Waals surface area (Å²) in [6, 6.07) is 8.08. The average Bonchev–Trinajstić information content (AvgIpc) is 2.31. The molecule has 0 aliphatic rings. The molecule has 0 aliphatic heterocycles. The van der Waals surface area contributed by atoms with E-state index in [4.69, 9.17) is 11.6 Å². The zero-order valence-electron chi connectivity index (χ0n) is 8.66. The van der Waals surface area contributed by atoms with Crippen LogP contribution in [-0.2, 0) is 6.54 Å². The lowest BCUT2D eigenvalue weighted by Gasteiger charge is -2.08. The van der Waals surface area contributed by atoms with E-state index in [0.717, 1.165) is 0 Å². The minimum atomic E-state index is -0.470. The Labute approximate surface area is 116 Å². The molecule has 1 aromatic heterocycles. The van der Waals surface area contributed by atoms with Crippen LogP contribution in [0.3, 0.4) is 0 Å². The molecule has 0 N–H and O–H groups in total. The van der Waals surface area contributed by atoms with Crippen LogP contribution in [-0.4, -0.2) is 4.57 Å². The number of aromatic nitrogens is 1. The van der Waals surface area contributed by atoms with Crippen LogP contribution in [0, 0.1) is 9.39 Å². The summed E-state index contributed by atoms with van der Waals surface area (Å²) in [6.07, 6.45) is 1.66. The number of pyridine rings is 1. The maximum absolute atomic E-state index is 13.2. The SMILES string of the molecule is O=c1c(I)cccn1Cc1cccc(F)c1Cl. The molecule has 0 spiro atoms. The Morgan fingerprint density at radius 3 is 2.82 bits per heavy atom. The molecule has 88 valence electrons. The van der Waals surface area contributed by atoms with Gasteiger partial charge in [-0.2, -0.15) is 0 Å². The van der Waals surface area contributed by atoms with Crippen molar-refractivity contribution in [2.75, 3.05) is 0 Å². The van der Waals surface area contributed by atoms with Gasteiger partial charge >= 0.3 is 0 Å². The monoisotopic (exact) mass is 363 g/mol.